The van der Waals surface area contributed by atoms with E-state index in [1.165, 1.54) is 6.42 Å². The van der Waals surface area contributed by atoms with Gasteiger partial charge in [-0.15, -0.1) is 0 Å². The largest absolute Gasteiger partial charge is 0.461 e. The Morgan fingerprint density at radius 2 is 1.85 bits per heavy atom. The van der Waals surface area contributed by atoms with E-state index in [2.05, 4.69) is 19.9 Å². The van der Waals surface area contributed by atoms with Crippen LogP contribution in [0.15, 0.2) is 41.2 Å². The van der Waals surface area contributed by atoms with Crippen LogP contribution in [0.4, 0.5) is 0 Å². The van der Waals surface area contributed by atoms with Crippen LogP contribution in [-0.4, -0.2) is 29.6 Å². The van der Waals surface area contributed by atoms with Crippen molar-refractivity contribution < 1.29 is 14.6 Å². The Hall–Kier alpha value is -2.58. The summed E-state index contributed by atoms with van der Waals surface area (Å²) in [5, 5.41) is 18.5. The number of likely N-dealkylation sites (N-methyl/N-ethyl adjacent to an activating group) is 1. The Balaban J connectivity index is 0.00000105. The lowest BCUT2D eigenvalue weighted by Crippen LogP contribution is -2.29. The second-order valence-corrected chi connectivity index (χ2v) is 6.02. The van der Waals surface area contributed by atoms with Crippen molar-refractivity contribution in [3.8, 4) is 6.07 Å². The number of carbonyl (C=O) groups is 1. The van der Waals surface area contributed by atoms with Gasteiger partial charge in [-0.05, 0) is 30.5 Å². The fourth-order valence-electron chi connectivity index (χ4n) is 2.59. The Morgan fingerprint density at radius 3 is 2.31 bits per heavy atom. The van der Waals surface area contributed by atoms with Crippen molar-refractivity contribution in [2.24, 2.45) is 0 Å². The molecule has 0 fully saturated rings. The molecule has 5 nitrogen and oxygen atoms in total. The molecule has 5 heteroatoms. The molecular formula is C21H28N2O3. The van der Waals surface area contributed by atoms with Crippen LogP contribution >= 0.6 is 0 Å². The van der Waals surface area contributed by atoms with E-state index in [-0.39, 0.29) is 6.61 Å². The number of hydrogen-bond donors (Lipinski definition) is 1. The van der Waals surface area contributed by atoms with E-state index < -0.39 is 5.97 Å². The molecule has 0 saturated carbocycles. The maximum absolute atomic E-state index is 12.4. The van der Waals surface area contributed by atoms with Gasteiger partial charge in [0.25, 0.3) is 0 Å². The zero-order valence-electron chi connectivity index (χ0n) is 16.3. The van der Waals surface area contributed by atoms with E-state index in [0.29, 0.717) is 24.3 Å². The molecule has 1 aromatic rings. The van der Waals surface area contributed by atoms with Crippen molar-refractivity contribution in [1.29, 1.82) is 5.26 Å². The van der Waals surface area contributed by atoms with Crippen molar-refractivity contribution in [2.45, 2.75) is 47.1 Å². The van der Waals surface area contributed by atoms with E-state index in [9.17, 15) is 10.1 Å². The van der Waals surface area contributed by atoms with Crippen LogP contribution < -0.4 is 0 Å². The van der Waals surface area contributed by atoms with Crippen LogP contribution in [0.2, 0.25) is 0 Å². The highest BCUT2D eigenvalue weighted by Gasteiger charge is 2.29. The van der Waals surface area contributed by atoms with Gasteiger partial charge in [-0.2, -0.15) is 5.26 Å². The van der Waals surface area contributed by atoms with Gasteiger partial charge in [0.15, 0.2) is 0 Å². The fraction of sp³-hybridized carbons (Fsp3) is 0.429. The first-order valence-electron chi connectivity index (χ1n) is 8.88. The van der Waals surface area contributed by atoms with Gasteiger partial charge >= 0.3 is 5.97 Å². The second-order valence-electron chi connectivity index (χ2n) is 6.02. The lowest BCUT2D eigenvalue weighted by molar-refractivity contribution is -0.139. The Kier molecular flexibility index (Phi) is 8.60. The van der Waals surface area contributed by atoms with E-state index in [1.807, 2.05) is 31.2 Å². The summed E-state index contributed by atoms with van der Waals surface area (Å²) in [4.78, 5) is 14.1. The first kappa shape index (κ1) is 21.5. The number of allylic oxidation sites excluding steroid dienone is 3. The number of benzene rings is 1. The summed E-state index contributed by atoms with van der Waals surface area (Å²) in [5.41, 5.74) is 4.24. The van der Waals surface area contributed by atoms with Crippen LogP contribution in [0.1, 0.15) is 51.7 Å². The summed E-state index contributed by atoms with van der Waals surface area (Å²) >= 11 is 0. The molecule has 0 unspecified atom stereocenters. The molecule has 0 amide bonds. The molecular weight excluding hydrogens is 328 g/mol. The number of nitrogens with zero attached hydrogens (tertiary/aromatic N) is 2. The van der Waals surface area contributed by atoms with Crippen LogP contribution in [0, 0.1) is 11.3 Å². The smallest absolute Gasteiger partial charge is 0.355 e. The Morgan fingerprint density at radius 1 is 1.27 bits per heavy atom. The maximum atomic E-state index is 12.4. The predicted molar refractivity (Wildman–Crippen MR) is 103 cm³/mol. The van der Waals surface area contributed by atoms with Crippen LogP contribution in [0.3, 0.4) is 0 Å². The number of carbonyl (C=O) groups excluding carboxylic acids is 1. The summed E-state index contributed by atoms with van der Waals surface area (Å²) < 4.78 is 5.18. The molecule has 1 aliphatic heterocycles. The second kappa shape index (κ2) is 10.4. The van der Waals surface area contributed by atoms with Crippen LogP contribution in [0.25, 0.3) is 5.57 Å². The number of hydrogen-bond acceptors (Lipinski definition) is 5. The molecule has 0 atom stereocenters. The van der Waals surface area contributed by atoms with E-state index >= 15 is 0 Å². The average Bonchev–Trinajstić information content (AvgIpc) is 2.64. The van der Waals surface area contributed by atoms with Gasteiger partial charge in [0.05, 0.1) is 24.9 Å². The molecule has 1 aliphatic rings. The monoisotopic (exact) mass is 356 g/mol. The quantitative estimate of drug-likeness (QED) is 0.825. The highest BCUT2D eigenvalue weighted by Crippen LogP contribution is 2.35. The molecule has 0 bridgehead atoms. The molecule has 0 saturated heterocycles. The van der Waals surface area contributed by atoms with Crippen molar-refractivity contribution in [1.82, 2.24) is 4.90 Å². The molecule has 0 spiro atoms. The Labute approximate surface area is 156 Å². The minimum atomic E-state index is -0.396. The predicted octanol–water partition coefficient (Wildman–Crippen LogP) is 4.00. The standard InChI is InChI=1S/C18H20N2O3.C3H8/c1-4-23-18(22)17-16(9-15(10-19)12(2)20(17)3)14-7-5-13(11-21)6-8-14;1-3-2/h5-8,21H,4,9,11H2,1-3H3;3H2,1-2H3. The number of aliphatic hydroxyl groups excluding tert-OH is 1. The minimum absolute atomic E-state index is 0.0353. The number of rotatable bonds is 4. The first-order chi connectivity index (χ1) is 12.4. The number of aliphatic hydroxyl groups is 1. The summed E-state index contributed by atoms with van der Waals surface area (Å²) in [7, 11) is 1.76. The van der Waals surface area contributed by atoms with Crippen molar-refractivity contribution in [2.75, 3.05) is 13.7 Å². The van der Waals surface area contributed by atoms with Gasteiger partial charge in [0.2, 0.25) is 0 Å². The van der Waals surface area contributed by atoms with Crippen molar-refractivity contribution in [3.05, 3.63) is 52.4 Å². The first-order valence-corrected chi connectivity index (χ1v) is 8.88. The number of ether oxygens (including phenoxy) is 1. The van der Waals surface area contributed by atoms with Gasteiger partial charge in [0.1, 0.15) is 5.70 Å². The summed E-state index contributed by atoms with van der Waals surface area (Å²) in [6, 6.07) is 9.53. The summed E-state index contributed by atoms with van der Waals surface area (Å²) in [5.74, 6) is -0.396. The van der Waals surface area contributed by atoms with Crippen LogP contribution in [-0.2, 0) is 16.1 Å². The molecule has 1 N–H and O–H groups in total. The third-order valence-electron chi connectivity index (χ3n) is 4.00. The van der Waals surface area contributed by atoms with Gasteiger partial charge in [0, 0.05) is 19.2 Å². The third kappa shape index (κ3) is 4.96. The maximum Gasteiger partial charge on any atom is 0.355 e. The van der Waals surface area contributed by atoms with Gasteiger partial charge in [-0.1, -0.05) is 44.5 Å². The molecule has 0 aromatic heterocycles. The fourth-order valence-corrected chi connectivity index (χ4v) is 2.59. The normalized spacial score (nSPS) is 13.8. The highest BCUT2D eigenvalue weighted by molar-refractivity contribution is 5.98. The molecule has 140 valence electrons. The molecule has 0 radical (unpaired) electrons. The molecule has 2 rings (SSSR count). The zero-order chi connectivity index (χ0) is 19.7. The highest BCUT2D eigenvalue weighted by atomic mass is 16.5. The van der Waals surface area contributed by atoms with Crippen LogP contribution in [0.5, 0.6) is 0 Å². The van der Waals surface area contributed by atoms with E-state index in [4.69, 9.17) is 9.84 Å². The third-order valence-corrected chi connectivity index (χ3v) is 4.00. The summed E-state index contributed by atoms with van der Waals surface area (Å²) in [6.07, 6.45) is 1.64. The molecule has 1 aromatic carbocycles. The van der Waals surface area contributed by atoms with Crippen molar-refractivity contribution >= 4 is 11.5 Å². The van der Waals surface area contributed by atoms with Crippen molar-refractivity contribution in [3.63, 3.8) is 0 Å². The van der Waals surface area contributed by atoms with E-state index in [1.54, 1.807) is 18.9 Å². The van der Waals surface area contributed by atoms with Gasteiger partial charge in [-0.25, -0.2) is 4.79 Å². The number of nitriles is 1. The minimum Gasteiger partial charge on any atom is -0.461 e. The average molecular weight is 356 g/mol. The Bertz CT molecular complexity index is 725. The molecule has 0 aliphatic carbocycles. The van der Waals surface area contributed by atoms with E-state index in [0.717, 1.165) is 22.4 Å². The molecule has 1 heterocycles. The SMILES string of the molecule is CCC.CCOC(=O)C1=C(c2ccc(CO)cc2)CC(C#N)=C(C)N1C. The van der Waals surface area contributed by atoms with Gasteiger partial charge in [-0.3, -0.25) is 0 Å². The summed E-state index contributed by atoms with van der Waals surface area (Å²) in [6.45, 7) is 8.09. The van der Waals surface area contributed by atoms with Gasteiger partial charge < -0.3 is 14.7 Å². The molecule has 26 heavy (non-hydrogen) atoms. The lowest BCUT2D eigenvalue weighted by atomic mass is 9.91. The lowest BCUT2D eigenvalue weighted by Gasteiger charge is -2.30. The number of esters is 1. The zero-order valence-corrected chi connectivity index (χ0v) is 16.3. The topological polar surface area (TPSA) is 73.6 Å².